The van der Waals surface area contributed by atoms with E-state index in [-0.39, 0.29) is 0 Å². The molecule has 0 N–H and O–H groups in total. The summed E-state index contributed by atoms with van der Waals surface area (Å²) >= 11 is 0. The van der Waals surface area contributed by atoms with Crippen LogP contribution in [-0.2, 0) is 5.41 Å². The van der Waals surface area contributed by atoms with E-state index >= 15 is 0 Å². The number of aromatic nitrogens is 2. The molecule has 0 fully saturated rings. The lowest BCUT2D eigenvalue weighted by Crippen LogP contribution is -2.28. The first-order chi connectivity index (χ1) is 26.3. The van der Waals surface area contributed by atoms with Crippen LogP contribution in [0.5, 0.6) is 0 Å². The lowest BCUT2D eigenvalue weighted by Gasteiger charge is -2.34. The van der Waals surface area contributed by atoms with Crippen LogP contribution in [0.3, 0.4) is 0 Å². The molecule has 248 valence electrons. The standard InChI is InChI=1S/C51H34N2/c1-5-17-35(18-6-1)36-29-31-37(32-30-36)46-34-47(53-50(52-46)38-19-7-2-8-20-38)44-33-39-21-13-14-26-42(39)49-48(44)43-27-15-16-28-45(43)51(49,40-22-9-3-10-23-40)41-24-11-4-12-25-41/h1-34H. The normalized spacial score (nSPS) is 12.7. The predicted molar refractivity (Wildman–Crippen MR) is 219 cm³/mol. The van der Waals surface area contributed by atoms with Crippen molar-refractivity contribution in [3.63, 3.8) is 0 Å². The third kappa shape index (κ3) is 5.03. The molecule has 1 aliphatic carbocycles. The Labute approximate surface area is 309 Å². The van der Waals surface area contributed by atoms with Gasteiger partial charge in [0.05, 0.1) is 16.8 Å². The molecule has 2 nitrogen and oxygen atoms in total. The van der Waals surface area contributed by atoms with Crippen LogP contribution in [0.2, 0.25) is 0 Å². The molecule has 0 saturated heterocycles. The van der Waals surface area contributed by atoms with E-state index in [0.717, 1.165) is 28.1 Å². The van der Waals surface area contributed by atoms with E-state index in [1.165, 1.54) is 55.3 Å². The maximum atomic E-state index is 5.40. The third-order valence-electron chi connectivity index (χ3n) is 10.8. The molecule has 8 aromatic carbocycles. The van der Waals surface area contributed by atoms with Crippen molar-refractivity contribution in [1.29, 1.82) is 0 Å². The highest BCUT2D eigenvalue weighted by Gasteiger charge is 2.48. The molecule has 0 spiro atoms. The molecule has 0 atom stereocenters. The van der Waals surface area contributed by atoms with Gasteiger partial charge in [0.15, 0.2) is 5.82 Å². The second kappa shape index (κ2) is 12.7. The van der Waals surface area contributed by atoms with Crippen LogP contribution < -0.4 is 0 Å². The molecule has 10 rings (SSSR count). The van der Waals surface area contributed by atoms with Crippen molar-refractivity contribution in [1.82, 2.24) is 9.97 Å². The fourth-order valence-corrected chi connectivity index (χ4v) is 8.44. The summed E-state index contributed by atoms with van der Waals surface area (Å²) in [6, 6.07) is 73.9. The Morgan fingerprint density at radius 3 is 1.55 bits per heavy atom. The Morgan fingerprint density at radius 1 is 0.358 bits per heavy atom. The van der Waals surface area contributed by atoms with Crippen molar-refractivity contribution >= 4 is 10.8 Å². The fourth-order valence-electron chi connectivity index (χ4n) is 8.44. The van der Waals surface area contributed by atoms with Gasteiger partial charge in [0.1, 0.15) is 0 Å². The number of fused-ring (bicyclic) bond motifs is 5. The molecule has 53 heavy (non-hydrogen) atoms. The Kier molecular flexibility index (Phi) is 7.40. The highest BCUT2D eigenvalue weighted by molar-refractivity contribution is 6.06. The van der Waals surface area contributed by atoms with Gasteiger partial charge in [0, 0.05) is 16.7 Å². The molecule has 0 bridgehead atoms. The van der Waals surface area contributed by atoms with Crippen LogP contribution in [0.25, 0.3) is 66.9 Å². The molecule has 0 unspecified atom stereocenters. The highest BCUT2D eigenvalue weighted by Crippen LogP contribution is 2.60. The van der Waals surface area contributed by atoms with Gasteiger partial charge >= 0.3 is 0 Å². The molecule has 0 radical (unpaired) electrons. The van der Waals surface area contributed by atoms with E-state index in [1.807, 2.05) is 6.07 Å². The second-order valence-corrected chi connectivity index (χ2v) is 13.7. The van der Waals surface area contributed by atoms with E-state index in [1.54, 1.807) is 0 Å². The largest absolute Gasteiger partial charge is 0.228 e. The molecular weight excluding hydrogens is 641 g/mol. The van der Waals surface area contributed by atoms with E-state index in [0.29, 0.717) is 5.82 Å². The SMILES string of the molecule is c1ccc(-c2ccc(-c3cc(-c4cc5ccccc5c5c4-c4ccccc4C5(c4ccccc4)c4ccccc4)nc(-c4ccccc4)n3)cc2)cc1. The first-order valence-electron chi connectivity index (χ1n) is 18.2. The Hall–Kier alpha value is -6.90. The van der Waals surface area contributed by atoms with E-state index in [2.05, 4.69) is 200 Å². The second-order valence-electron chi connectivity index (χ2n) is 13.7. The van der Waals surface area contributed by atoms with Crippen LogP contribution in [-0.4, -0.2) is 9.97 Å². The van der Waals surface area contributed by atoms with Crippen LogP contribution in [0.1, 0.15) is 22.3 Å². The molecule has 9 aromatic rings. The highest BCUT2D eigenvalue weighted by atomic mass is 14.9. The van der Waals surface area contributed by atoms with E-state index in [9.17, 15) is 0 Å². The summed E-state index contributed by atoms with van der Waals surface area (Å²) in [5.74, 6) is 0.704. The molecule has 0 saturated carbocycles. The van der Waals surface area contributed by atoms with E-state index in [4.69, 9.17) is 9.97 Å². The molecule has 1 heterocycles. The zero-order chi connectivity index (χ0) is 35.2. The van der Waals surface area contributed by atoms with Gasteiger partial charge in [-0.25, -0.2) is 9.97 Å². The molecule has 1 aliphatic rings. The van der Waals surface area contributed by atoms with Gasteiger partial charge in [-0.15, -0.1) is 0 Å². The minimum Gasteiger partial charge on any atom is -0.228 e. The summed E-state index contributed by atoms with van der Waals surface area (Å²) in [5, 5.41) is 2.42. The zero-order valence-corrected chi connectivity index (χ0v) is 29.0. The van der Waals surface area contributed by atoms with Crippen molar-refractivity contribution in [3.05, 3.63) is 229 Å². The lowest BCUT2D eigenvalue weighted by atomic mass is 9.66. The van der Waals surface area contributed by atoms with Gasteiger partial charge in [0.25, 0.3) is 0 Å². The van der Waals surface area contributed by atoms with Gasteiger partial charge < -0.3 is 0 Å². The van der Waals surface area contributed by atoms with Gasteiger partial charge in [-0.1, -0.05) is 194 Å². The summed E-state index contributed by atoms with van der Waals surface area (Å²) in [4.78, 5) is 10.6. The zero-order valence-electron chi connectivity index (χ0n) is 29.0. The van der Waals surface area contributed by atoms with Gasteiger partial charge in [-0.05, 0) is 67.4 Å². The van der Waals surface area contributed by atoms with Crippen LogP contribution in [0.15, 0.2) is 206 Å². The monoisotopic (exact) mass is 674 g/mol. The number of nitrogens with zero attached hydrogens (tertiary/aromatic N) is 2. The minimum atomic E-state index is -0.546. The van der Waals surface area contributed by atoms with Gasteiger partial charge in [0.2, 0.25) is 0 Å². The summed E-state index contributed by atoms with van der Waals surface area (Å²) in [6.07, 6.45) is 0. The Bertz CT molecular complexity index is 2700. The first-order valence-corrected chi connectivity index (χ1v) is 18.2. The summed E-state index contributed by atoms with van der Waals surface area (Å²) < 4.78 is 0. The van der Waals surface area contributed by atoms with Crippen molar-refractivity contribution in [2.75, 3.05) is 0 Å². The lowest BCUT2D eigenvalue weighted by molar-refractivity contribution is 0.775. The predicted octanol–water partition coefficient (Wildman–Crippen LogP) is 12.7. The fraction of sp³-hybridized carbons (Fsp3) is 0.0196. The molecule has 0 amide bonds. The summed E-state index contributed by atoms with van der Waals surface area (Å²) in [6.45, 7) is 0. The Balaban J connectivity index is 1.29. The quantitative estimate of drug-likeness (QED) is 0.175. The van der Waals surface area contributed by atoms with Crippen LogP contribution >= 0.6 is 0 Å². The number of hydrogen-bond acceptors (Lipinski definition) is 2. The smallest absolute Gasteiger partial charge is 0.160 e. The number of rotatable bonds is 6. The summed E-state index contributed by atoms with van der Waals surface area (Å²) in [5.41, 5.74) is 14.2. The summed E-state index contributed by atoms with van der Waals surface area (Å²) in [7, 11) is 0. The van der Waals surface area contributed by atoms with Crippen molar-refractivity contribution < 1.29 is 0 Å². The minimum absolute atomic E-state index is 0.546. The van der Waals surface area contributed by atoms with Crippen molar-refractivity contribution in [3.8, 4) is 56.2 Å². The van der Waals surface area contributed by atoms with Gasteiger partial charge in [-0.2, -0.15) is 0 Å². The maximum Gasteiger partial charge on any atom is 0.160 e. The number of hydrogen-bond donors (Lipinski definition) is 0. The third-order valence-corrected chi connectivity index (χ3v) is 10.8. The first kappa shape index (κ1) is 30.9. The van der Waals surface area contributed by atoms with Crippen molar-refractivity contribution in [2.45, 2.75) is 5.41 Å². The molecule has 2 heteroatoms. The van der Waals surface area contributed by atoms with Crippen LogP contribution in [0.4, 0.5) is 0 Å². The molecule has 0 aliphatic heterocycles. The number of benzene rings is 8. The van der Waals surface area contributed by atoms with Crippen molar-refractivity contribution in [2.24, 2.45) is 0 Å². The molecule has 1 aromatic heterocycles. The molecular formula is C51H34N2. The Morgan fingerprint density at radius 2 is 0.868 bits per heavy atom. The topological polar surface area (TPSA) is 25.8 Å². The average Bonchev–Trinajstić information content (AvgIpc) is 3.57. The van der Waals surface area contributed by atoms with Crippen LogP contribution in [0, 0.1) is 0 Å². The average molecular weight is 675 g/mol. The van der Waals surface area contributed by atoms with Gasteiger partial charge in [-0.3, -0.25) is 0 Å². The maximum absolute atomic E-state index is 5.40. The van der Waals surface area contributed by atoms with E-state index < -0.39 is 5.41 Å².